The maximum atomic E-state index is 5.05. The molecule has 7 heteroatoms. The third kappa shape index (κ3) is 4.98. The molecular weight excluding hydrogens is 494 g/mol. The first-order valence-corrected chi connectivity index (χ1v) is 13.8. The molecule has 1 fully saturated rings. The molecule has 1 aliphatic carbocycles. The van der Waals surface area contributed by atoms with E-state index in [0.29, 0.717) is 5.92 Å². The number of fused-ring (bicyclic) bond motifs is 2. The van der Waals surface area contributed by atoms with Crippen molar-refractivity contribution in [3.05, 3.63) is 104 Å². The minimum Gasteiger partial charge on any atom is -0.359 e. The fourth-order valence-corrected chi connectivity index (χ4v) is 5.54. The summed E-state index contributed by atoms with van der Waals surface area (Å²) in [5, 5.41) is 12.4. The van der Waals surface area contributed by atoms with Crippen molar-refractivity contribution < 1.29 is 0 Å². The summed E-state index contributed by atoms with van der Waals surface area (Å²) >= 11 is 0. The van der Waals surface area contributed by atoms with Crippen LogP contribution in [-0.2, 0) is 0 Å². The maximum Gasteiger partial charge on any atom is 0.135 e. The topological polar surface area (TPSA) is 95.2 Å². The highest BCUT2D eigenvalue weighted by Crippen LogP contribution is 2.33. The van der Waals surface area contributed by atoms with Crippen molar-refractivity contribution >= 4 is 27.5 Å². The molecule has 5 aromatic heterocycles. The van der Waals surface area contributed by atoms with Gasteiger partial charge in [-0.25, -0.2) is 4.98 Å². The standard InChI is InChI=1S/C33H33N7/c1-4-22(17-25(5-2)36-21(3)23-9-7-6-8-10-23)28-11-12-29-32(38-28)33(40-39-29)30-18-26-27(19-35-20-31(26)37-30)24-13-15-34-16-14-24/h4-5,11-20,23,36-37H,2-3,6-10H2,1H3,(H,39,40)/b22-4+,25-17+. The van der Waals surface area contributed by atoms with E-state index in [1.165, 1.54) is 32.1 Å². The fourth-order valence-electron chi connectivity index (χ4n) is 5.54. The van der Waals surface area contributed by atoms with Gasteiger partial charge in [0.2, 0.25) is 0 Å². The van der Waals surface area contributed by atoms with Crippen molar-refractivity contribution in [2.75, 3.05) is 0 Å². The highest BCUT2D eigenvalue weighted by Gasteiger charge is 2.18. The number of aromatic nitrogens is 6. The van der Waals surface area contributed by atoms with Crippen LogP contribution >= 0.6 is 0 Å². The minimum absolute atomic E-state index is 0.514. The summed E-state index contributed by atoms with van der Waals surface area (Å²) in [7, 11) is 0. The first kappa shape index (κ1) is 25.5. The van der Waals surface area contributed by atoms with Gasteiger partial charge in [0.25, 0.3) is 0 Å². The molecule has 5 heterocycles. The lowest BCUT2D eigenvalue weighted by molar-refractivity contribution is 0.393. The van der Waals surface area contributed by atoms with E-state index in [2.05, 4.69) is 61.8 Å². The lowest BCUT2D eigenvalue weighted by Gasteiger charge is -2.25. The molecule has 0 aliphatic heterocycles. The van der Waals surface area contributed by atoms with Crippen LogP contribution in [0.4, 0.5) is 0 Å². The molecule has 40 heavy (non-hydrogen) atoms. The van der Waals surface area contributed by atoms with Crippen molar-refractivity contribution in [3.8, 4) is 22.5 Å². The van der Waals surface area contributed by atoms with Crippen LogP contribution in [0.5, 0.6) is 0 Å². The van der Waals surface area contributed by atoms with Crippen LogP contribution in [0, 0.1) is 5.92 Å². The Balaban J connectivity index is 1.33. The van der Waals surface area contributed by atoms with Gasteiger partial charge in [0.1, 0.15) is 11.2 Å². The molecule has 6 rings (SSSR count). The smallest absolute Gasteiger partial charge is 0.135 e. The van der Waals surface area contributed by atoms with E-state index in [0.717, 1.165) is 67.1 Å². The summed E-state index contributed by atoms with van der Waals surface area (Å²) in [5.74, 6) is 0.514. The number of hydrogen-bond acceptors (Lipinski definition) is 5. The van der Waals surface area contributed by atoms with E-state index in [9.17, 15) is 0 Å². The van der Waals surface area contributed by atoms with Crippen molar-refractivity contribution in [1.82, 2.24) is 35.5 Å². The normalized spacial score (nSPS) is 15.0. The molecule has 200 valence electrons. The van der Waals surface area contributed by atoms with Gasteiger partial charge in [0, 0.05) is 40.9 Å². The zero-order valence-corrected chi connectivity index (χ0v) is 22.7. The Kier molecular flexibility index (Phi) is 7.10. The number of nitrogens with zero attached hydrogens (tertiary/aromatic N) is 4. The van der Waals surface area contributed by atoms with Crippen molar-refractivity contribution in [1.29, 1.82) is 0 Å². The number of allylic oxidation sites excluding steroid dienone is 5. The molecule has 0 amide bonds. The summed E-state index contributed by atoms with van der Waals surface area (Å²) in [6.45, 7) is 10.4. The second-order valence-electron chi connectivity index (χ2n) is 10.3. The van der Waals surface area contributed by atoms with Gasteiger partial charge in [0.15, 0.2) is 0 Å². The quantitative estimate of drug-likeness (QED) is 0.180. The summed E-state index contributed by atoms with van der Waals surface area (Å²) in [6, 6.07) is 10.1. The fraction of sp³-hybridized carbons (Fsp3) is 0.212. The predicted octanol–water partition coefficient (Wildman–Crippen LogP) is 7.72. The van der Waals surface area contributed by atoms with Crippen molar-refractivity contribution in [3.63, 3.8) is 0 Å². The SMILES string of the molecule is C=C/C(=C\C(=C/C)c1ccc2[nH]nc(-c3cc4c(-c5ccncc5)cncc4[nH]3)c2n1)NC(=C)C1CCCCC1. The number of pyridine rings is 3. The average Bonchev–Trinajstić information content (AvgIpc) is 3.64. The van der Waals surface area contributed by atoms with Crippen LogP contribution in [0.3, 0.4) is 0 Å². The first-order valence-electron chi connectivity index (χ1n) is 13.8. The van der Waals surface area contributed by atoms with E-state index in [1.54, 1.807) is 12.4 Å². The van der Waals surface area contributed by atoms with E-state index in [-0.39, 0.29) is 0 Å². The summed E-state index contributed by atoms with van der Waals surface area (Å²) in [4.78, 5) is 17.1. The van der Waals surface area contributed by atoms with Crippen LogP contribution in [0.15, 0.2) is 97.9 Å². The zero-order valence-electron chi connectivity index (χ0n) is 22.7. The Morgan fingerprint density at radius 3 is 2.62 bits per heavy atom. The van der Waals surface area contributed by atoms with Gasteiger partial charge in [-0.15, -0.1) is 0 Å². The van der Waals surface area contributed by atoms with Crippen LogP contribution in [0.2, 0.25) is 0 Å². The van der Waals surface area contributed by atoms with Gasteiger partial charge >= 0.3 is 0 Å². The van der Waals surface area contributed by atoms with Crippen molar-refractivity contribution in [2.24, 2.45) is 5.92 Å². The number of nitrogens with one attached hydrogen (secondary N) is 3. The van der Waals surface area contributed by atoms with E-state index in [4.69, 9.17) is 4.98 Å². The molecule has 1 saturated carbocycles. The van der Waals surface area contributed by atoms with Crippen LogP contribution in [0.1, 0.15) is 44.7 Å². The van der Waals surface area contributed by atoms with Gasteiger partial charge < -0.3 is 10.3 Å². The first-order chi connectivity index (χ1) is 19.6. The number of hydrogen-bond donors (Lipinski definition) is 3. The van der Waals surface area contributed by atoms with E-state index in [1.807, 2.05) is 49.7 Å². The zero-order chi connectivity index (χ0) is 27.5. The Morgan fingerprint density at radius 1 is 1.02 bits per heavy atom. The molecule has 5 aromatic rings. The average molecular weight is 528 g/mol. The molecule has 0 saturated heterocycles. The molecule has 0 bridgehead atoms. The number of H-pyrrole nitrogens is 2. The lowest BCUT2D eigenvalue weighted by Crippen LogP contribution is -2.20. The van der Waals surface area contributed by atoms with Crippen LogP contribution < -0.4 is 5.32 Å². The van der Waals surface area contributed by atoms with Gasteiger partial charge in [-0.3, -0.25) is 15.1 Å². The van der Waals surface area contributed by atoms with Crippen LogP contribution in [0.25, 0.3) is 50.0 Å². The number of aromatic amines is 2. The van der Waals surface area contributed by atoms with E-state index < -0.39 is 0 Å². The monoisotopic (exact) mass is 527 g/mol. The molecule has 0 atom stereocenters. The molecule has 7 nitrogen and oxygen atoms in total. The number of rotatable bonds is 8. The van der Waals surface area contributed by atoms with Gasteiger partial charge in [-0.2, -0.15) is 5.10 Å². The molecule has 3 N–H and O–H groups in total. The molecule has 0 radical (unpaired) electrons. The Labute approximate surface area is 233 Å². The largest absolute Gasteiger partial charge is 0.359 e. The summed E-state index contributed by atoms with van der Waals surface area (Å²) in [5.41, 5.74) is 10.2. The Hall–Kier alpha value is -4.78. The third-order valence-corrected chi connectivity index (χ3v) is 7.74. The molecule has 0 aromatic carbocycles. The van der Waals surface area contributed by atoms with Gasteiger partial charge in [-0.1, -0.05) is 38.5 Å². The highest BCUT2D eigenvalue weighted by atomic mass is 15.1. The Bertz CT molecular complexity index is 1750. The molecule has 0 spiro atoms. The second-order valence-corrected chi connectivity index (χ2v) is 10.3. The van der Waals surface area contributed by atoms with Crippen LogP contribution in [-0.4, -0.2) is 30.1 Å². The second kappa shape index (κ2) is 11.1. The lowest BCUT2D eigenvalue weighted by atomic mass is 9.87. The third-order valence-electron chi connectivity index (χ3n) is 7.74. The maximum absolute atomic E-state index is 5.05. The van der Waals surface area contributed by atoms with Crippen molar-refractivity contribution in [2.45, 2.75) is 39.0 Å². The van der Waals surface area contributed by atoms with E-state index >= 15 is 0 Å². The summed E-state index contributed by atoms with van der Waals surface area (Å²) in [6.07, 6.45) is 19.6. The molecule has 0 unspecified atom stereocenters. The Morgan fingerprint density at radius 2 is 1.85 bits per heavy atom. The minimum atomic E-state index is 0.514. The summed E-state index contributed by atoms with van der Waals surface area (Å²) < 4.78 is 0. The molecule has 1 aliphatic rings. The highest BCUT2D eigenvalue weighted by molar-refractivity contribution is 5.99. The van der Waals surface area contributed by atoms with Gasteiger partial charge in [0.05, 0.1) is 28.6 Å². The predicted molar refractivity (Wildman–Crippen MR) is 163 cm³/mol. The van der Waals surface area contributed by atoms with Gasteiger partial charge in [-0.05, 0) is 79.3 Å². The molecular formula is C33H33N7.